The first-order valence-corrected chi connectivity index (χ1v) is 6.41. The lowest BCUT2D eigenvalue weighted by molar-refractivity contribution is 0.430. The summed E-state index contributed by atoms with van der Waals surface area (Å²) in [6.07, 6.45) is 6.21. The molecule has 0 saturated carbocycles. The number of H-pyrrole nitrogens is 1. The van der Waals surface area contributed by atoms with Crippen molar-refractivity contribution in [1.29, 1.82) is 0 Å². The second-order valence-corrected chi connectivity index (χ2v) is 5.42. The first-order chi connectivity index (χ1) is 8.54. The lowest BCUT2D eigenvalue weighted by Crippen LogP contribution is -2.47. The molecule has 0 unspecified atom stereocenters. The fourth-order valence-corrected chi connectivity index (χ4v) is 3.57. The predicted octanol–water partition coefficient (Wildman–Crippen LogP) is 2.00. The van der Waals surface area contributed by atoms with E-state index in [1.165, 1.54) is 11.1 Å². The first kappa shape index (κ1) is 11.5. The molecule has 1 aromatic heterocycles. The van der Waals surface area contributed by atoms with E-state index in [2.05, 4.69) is 31.0 Å². The van der Waals surface area contributed by atoms with Gasteiger partial charge in [-0.3, -0.25) is 4.79 Å². The second-order valence-electron chi connectivity index (χ2n) is 5.42. The Morgan fingerprint density at radius 2 is 2.22 bits per heavy atom. The van der Waals surface area contributed by atoms with Gasteiger partial charge in [0.25, 0.3) is 0 Å². The fourth-order valence-electron chi connectivity index (χ4n) is 3.57. The molecule has 0 aromatic carbocycles. The highest BCUT2D eigenvalue weighted by Gasteiger charge is 2.42. The van der Waals surface area contributed by atoms with Crippen molar-refractivity contribution in [2.45, 2.75) is 32.2 Å². The summed E-state index contributed by atoms with van der Waals surface area (Å²) >= 11 is 0. The van der Waals surface area contributed by atoms with Gasteiger partial charge in [0, 0.05) is 11.8 Å². The molecule has 1 heterocycles. The normalized spacial score (nSPS) is 32.1. The van der Waals surface area contributed by atoms with E-state index in [4.69, 9.17) is 5.73 Å². The van der Waals surface area contributed by atoms with Crippen LogP contribution in [0.3, 0.4) is 0 Å². The molecule has 0 amide bonds. The Kier molecular flexibility index (Phi) is 2.35. The van der Waals surface area contributed by atoms with Gasteiger partial charge in [-0.15, -0.1) is 0 Å². The van der Waals surface area contributed by atoms with Gasteiger partial charge in [0.1, 0.15) is 0 Å². The molecular weight excluding hydrogens is 224 g/mol. The Bertz CT molecular complexity index is 624. The van der Waals surface area contributed by atoms with E-state index in [0.717, 1.165) is 24.1 Å². The maximum Gasteiger partial charge on any atom is 0.248 e. The molecule has 0 spiro atoms. The van der Waals surface area contributed by atoms with Crippen LogP contribution in [0, 0.1) is 5.92 Å². The first-order valence-electron chi connectivity index (χ1n) is 6.41. The Morgan fingerprint density at radius 3 is 2.94 bits per heavy atom. The third-order valence-corrected chi connectivity index (χ3v) is 4.17. The quantitative estimate of drug-likeness (QED) is 0.684. The van der Waals surface area contributed by atoms with Gasteiger partial charge in [-0.1, -0.05) is 17.7 Å². The zero-order valence-electron chi connectivity index (χ0n) is 10.8. The summed E-state index contributed by atoms with van der Waals surface area (Å²) in [6, 6.07) is 3.45. The van der Waals surface area contributed by atoms with Crippen molar-refractivity contribution >= 4 is 0 Å². The van der Waals surface area contributed by atoms with Crippen molar-refractivity contribution in [1.82, 2.24) is 4.98 Å². The molecule has 0 saturated heterocycles. The lowest BCUT2D eigenvalue weighted by Gasteiger charge is -2.44. The summed E-state index contributed by atoms with van der Waals surface area (Å²) in [5, 5.41) is 0. The van der Waals surface area contributed by atoms with E-state index in [9.17, 15) is 4.79 Å². The van der Waals surface area contributed by atoms with Gasteiger partial charge >= 0.3 is 0 Å². The molecule has 2 aliphatic rings. The molecule has 2 bridgehead atoms. The average molecular weight is 242 g/mol. The van der Waals surface area contributed by atoms with Gasteiger partial charge in [-0.25, -0.2) is 0 Å². The SMILES string of the molecule is C/C=C1/[C@H]2CC(C)=C[C@]1(N)c1ccc(=O)[nH]c1C2. The summed E-state index contributed by atoms with van der Waals surface area (Å²) in [6.45, 7) is 4.19. The lowest BCUT2D eigenvalue weighted by atomic mass is 9.64. The van der Waals surface area contributed by atoms with Crippen LogP contribution >= 0.6 is 0 Å². The summed E-state index contributed by atoms with van der Waals surface area (Å²) in [5.74, 6) is 0.426. The van der Waals surface area contributed by atoms with Crippen LogP contribution in [0.1, 0.15) is 31.5 Å². The topological polar surface area (TPSA) is 58.9 Å². The van der Waals surface area contributed by atoms with Crippen molar-refractivity contribution < 1.29 is 0 Å². The van der Waals surface area contributed by atoms with Crippen molar-refractivity contribution in [2.75, 3.05) is 0 Å². The molecule has 94 valence electrons. The number of pyridine rings is 1. The van der Waals surface area contributed by atoms with Gasteiger partial charge in [-0.2, -0.15) is 0 Å². The molecule has 2 atom stereocenters. The van der Waals surface area contributed by atoms with E-state index in [1.54, 1.807) is 6.07 Å². The molecule has 0 aliphatic heterocycles. The van der Waals surface area contributed by atoms with Gasteiger partial charge in [-0.05, 0) is 49.8 Å². The van der Waals surface area contributed by atoms with E-state index in [-0.39, 0.29) is 5.56 Å². The third-order valence-electron chi connectivity index (χ3n) is 4.17. The number of nitrogens with two attached hydrogens (primary N) is 1. The molecule has 0 fully saturated rings. The van der Waals surface area contributed by atoms with Crippen LogP contribution in [0.4, 0.5) is 0 Å². The van der Waals surface area contributed by atoms with Crippen LogP contribution in [0.15, 0.2) is 40.2 Å². The monoisotopic (exact) mass is 242 g/mol. The Morgan fingerprint density at radius 1 is 1.44 bits per heavy atom. The van der Waals surface area contributed by atoms with E-state index >= 15 is 0 Å². The number of rotatable bonds is 0. The Labute approximate surface area is 106 Å². The number of hydrogen-bond acceptors (Lipinski definition) is 2. The summed E-state index contributed by atoms with van der Waals surface area (Å²) in [5.41, 5.74) is 10.7. The van der Waals surface area contributed by atoms with Crippen molar-refractivity contribution in [3.63, 3.8) is 0 Å². The molecule has 3 N–H and O–H groups in total. The molecule has 2 aliphatic carbocycles. The highest BCUT2D eigenvalue weighted by Crippen LogP contribution is 2.46. The molecule has 3 nitrogen and oxygen atoms in total. The summed E-state index contributed by atoms with van der Waals surface area (Å²) in [7, 11) is 0. The minimum absolute atomic E-state index is 0.0416. The van der Waals surface area contributed by atoms with Crippen LogP contribution < -0.4 is 11.3 Å². The molecule has 18 heavy (non-hydrogen) atoms. The molecular formula is C15H18N2O. The number of allylic oxidation sites excluding steroid dienone is 2. The van der Waals surface area contributed by atoms with Crippen LogP contribution in [0.2, 0.25) is 0 Å². The van der Waals surface area contributed by atoms with Crippen LogP contribution in [0.25, 0.3) is 0 Å². The van der Waals surface area contributed by atoms with Crippen LogP contribution in [-0.2, 0) is 12.0 Å². The summed E-state index contributed by atoms with van der Waals surface area (Å²) in [4.78, 5) is 14.4. The van der Waals surface area contributed by atoms with Gasteiger partial charge in [0.05, 0.1) is 5.54 Å². The smallest absolute Gasteiger partial charge is 0.248 e. The Balaban J connectivity index is 2.31. The van der Waals surface area contributed by atoms with Crippen molar-refractivity contribution in [3.8, 4) is 0 Å². The third kappa shape index (κ3) is 1.44. The molecule has 0 radical (unpaired) electrons. The highest BCUT2D eigenvalue weighted by atomic mass is 16.1. The van der Waals surface area contributed by atoms with Gasteiger partial charge in [0.2, 0.25) is 5.56 Å². The fraction of sp³-hybridized carbons (Fsp3) is 0.400. The van der Waals surface area contributed by atoms with E-state index < -0.39 is 5.54 Å². The van der Waals surface area contributed by atoms with Gasteiger partial charge in [0.15, 0.2) is 0 Å². The number of fused-ring (bicyclic) bond motifs is 4. The van der Waals surface area contributed by atoms with Crippen molar-refractivity contribution in [3.05, 3.63) is 57.0 Å². The summed E-state index contributed by atoms with van der Waals surface area (Å²) < 4.78 is 0. The zero-order chi connectivity index (χ0) is 12.9. The van der Waals surface area contributed by atoms with E-state index in [1.807, 2.05) is 6.07 Å². The molecule has 1 aromatic rings. The average Bonchev–Trinajstić information content (AvgIpc) is 2.26. The zero-order valence-corrected chi connectivity index (χ0v) is 10.8. The predicted molar refractivity (Wildman–Crippen MR) is 72.3 cm³/mol. The standard InChI is InChI=1S/C15H18N2O/c1-3-11-10-6-9(2)8-15(11,16)12-4-5-14(18)17-13(12)7-10/h3-5,8,10H,6-7,16H2,1-2H3,(H,17,18)/b11-3-/t10-,15+/m0/s1. The van der Waals surface area contributed by atoms with Crippen LogP contribution in [-0.4, -0.2) is 4.98 Å². The Hall–Kier alpha value is -1.61. The van der Waals surface area contributed by atoms with E-state index in [0.29, 0.717) is 5.92 Å². The minimum Gasteiger partial charge on any atom is -0.326 e. The largest absolute Gasteiger partial charge is 0.326 e. The second kappa shape index (κ2) is 3.69. The highest BCUT2D eigenvalue weighted by molar-refractivity contribution is 5.50. The number of hydrogen-bond donors (Lipinski definition) is 2. The number of aromatic nitrogens is 1. The molecule has 3 rings (SSSR count). The minimum atomic E-state index is -0.528. The van der Waals surface area contributed by atoms with Crippen LogP contribution in [0.5, 0.6) is 0 Å². The number of nitrogens with one attached hydrogen (secondary N) is 1. The van der Waals surface area contributed by atoms with Gasteiger partial charge < -0.3 is 10.7 Å². The maximum absolute atomic E-state index is 11.5. The van der Waals surface area contributed by atoms with Crippen molar-refractivity contribution in [2.24, 2.45) is 11.7 Å². The maximum atomic E-state index is 11.5. The molecule has 3 heteroatoms. The number of aromatic amines is 1.